The standard InChI is InChI=1S/C24H30FN3O4S/c1-32-22-10-14-27(15-11-22)21-8-12-28(13-9-21)24(29)18-4-2-6-20(16-18)26-33(30,31)23-7-3-5-19(25)17-23/h2-7,16-17,21-22,26H,8-15H2,1H3. The van der Waals surface area contributed by atoms with E-state index in [0.717, 1.165) is 44.8 Å². The summed E-state index contributed by atoms with van der Waals surface area (Å²) >= 11 is 0. The molecule has 9 heteroatoms. The van der Waals surface area contributed by atoms with Crippen molar-refractivity contribution in [2.75, 3.05) is 38.0 Å². The predicted octanol–water partition coefficient (Wildman–Crippen LogP) is 3.34. The summed E-state index contributed by atoms with van der Waals surface area (Å²) in [5.41, 5.74) is 0.690. The number of methoxy groups -OCH3 is 1. The van der Waals surface area contributed by atoms with Gasteiger partial charge in [-0.05, 0) is 62.1 Å². The minimum Gasteiger partial charge on any atom is -0.381 e. The van der Waals surface area contributed by atoms with Crippen molar-refractivity contribution >= 4 is 21.6 Å². The maximum atomic E-state index is 13.4. The molecule has 0 radical (unpaired) electrons. The molecular weight excluding hydrogens is 445 g/mol. The van der Waals surface area contributed by atoms with Gasteiger partial charge in [-0.2, -0.15) is 0 Å². The molecule has 2 aromatic carbocycles. The van der Waals surface area contributed by atoms with Gasteiger partial charge in [-0.1, -0.05) is 12.1 Å². The summed E-state index contributed by atoms with van der Waals surface area (Å²) in [6.45, 7) is 3.41. The summed E-state index contributed by atoms with van der Waals surface area (Å²) in [6, 6.07) is 11.7. The van der Waals surface area contributed by atoms with E-state index in [-0.39, 0.29) is 16.5 Å². The van der Waals surface area contributed by atoms with Crippen LogP contribution in [-0.2, 0) is 14.8 Å². The van der Waals surface area contributed by atoms with Crippen LogP contribution in [0.15, 0.2) is 53.4 Å². The van der Waals surface area contributed by atoms with Crippen molar-refractivity contribution in [2.24, 2.45) is 0 Å². The fraction of sp³-hybridized carbons (Fsp3) is 0.458. The van der Waals surface area contributed by atoms with Crippen LogP contribution in [0.2, 0.25) is 0 Å². The van der Waals surface area contributed by atoms with Crippen molar-refractivity contribution in [1.29, 1.82) is 0 Å². The van der Waals surface area contributed by atoms with E-state index in [1.165, 1.54) is 24.3 Å². The lowest BCUT2D eigenvalue weighted by atomic mass is 9.98. The number of likely N-dealkylation sites (tertiary alicyclic amines) is 2. The number of ether oxygens (including phenoxy) is 1. The third-order valence-electron chi connectivity index (χ3n) is 6.55. The van der Waals surface area contributed by atoms with Gasteiger partial charge in [-0.25, -0.2) is 12.8 Å². The van der Waals surface area contributed by atoms with Crippen LogP contribution in [0.3, 0.4) is 0 Å². The van der Waals surface area contributed by atoms with Gasteiger partial charge in [-0.15, -0.1) is 0 Å². The van der Waals surface area contributed by atoms with Gasteiger partial charge in [0, 0.05) is 50.6 Å². The first-order valence-corrected chi connectivity index (χ1v) is 12.8. The largest absolute Gasteiger partial charge is 0.381 e. The van der Waals surface area contributed by atoms with Gasteiger partial charge in [0.15, 0.2) is 0 Å². The topological polar surface area (TPSA) is 79.0 Å². The highest BCUT2D eigenvalue weighted by molar-refractivity contribution is 7.92. The second-order valence-corrected chi connectivity index (χ2v) is 10.3. The average molecular weight is 476 g/mol. The Morgan fingerprint density at radius 2 is 1.70 bits per heavy atom. The van der Waals surface area contributed by atoms with Gasteiger partial charge < -0.3 is 14.5 Å². The first kappa shape index (κ1) is 23.7. The fourth-order valence-electron chi connectivity index (χ4n) is 4.66. The zero-order valence-corrected chi connectivity index (χ0v) is 19.6. The molecule has 2 aromatic rings. The third kappa shape index (κ3) is 5.72. The Morgan fingerprint density at radius 3 is 2.36 bits per heavy atom. The highest BCUT2D eigenvalue weighted by Gasteiger charge is 2.30. The van der Waals surface area contributed by atoms with Gasteiger partial charge in [-0.3, -0.25) is 9.52 Å². The number of anilines is 1. The van der Waals surface area contributed by atoms with Crippen molar-refractivity contribution in [3.63, 3.8) is 0 Å². The number of hydrogen-bond acceptors (Lipinski definition) is 5. The van der Waals surface area contributed by atoms with Crippen molar-refractivity contribution in [2.45, 2.75) is 42.7 Å². The Labute approximate surface area is 194 Å². The van der Waals surface area contributed by atoms with Gasteiger partial charge in [0.1, 0.15) is 5.82 Å². The van der Waals surface area contributed by atoms with Crippen molar-refractivity contribution < 1.29 is 22.3 Å². The molecule has 2 heterocycles. The molecule has 2 fully saturated rings. The minimum atomic E-state index is -3.96. The molecule has 0 bridgehead atoms. The second kappa shape index (κ2) is 10.2. The van der Waals surface area contributed by atoms with Crippen molar-refractivity contribution in [3.8, 4) is 0 Å². The molecule has 2 saturated heterocycles. The van der Waals surface area contributed by atoms with E-state index in [1.54, 1.807) is 25.3 Å². The number of sulfonamides is 1. The van der Waals surface area contributed by atoms with E-state index in [4.69, 9.17) is 4.74 Å². The summed E-state index contributed by atoms with van der Waals surface area (Å²) in [5, 5.41) is 0. The normalized spacial score (nSPS) is 18.9. The van der Waals surface area contributed by atoms with Crippen LogP contribution in [-0.4, -0.2) is 69.6 Å². The maximum absolute atomic E-state index is 13.4. The number of amides is 1. The summed E-state index contributed by atoms with van der Waals surface area (Å²) in [5.74, 6) is -0.744. The predicted molar refractivity (Wildman–Crippen MR) is 124 cm³/mol. The molecule has 0 saturated carbocycles. The van der Waals surface area contributed by atoms with Gasteiger partial charge in [0.05, 0.1) is 11.0 Å². The molecule has 0 spiro atoms. The number of halogens is 1. The van der Waals surface area contributed by atoms with Crippen LogP contribution in [0.25, 0.3) is 0 Å². The Hall–Kier alpha value is -2.49. The van der Waals surface area contributed by atoms with Crippen molar-refractivity contribution in [1.82, 2.24) is 9.80 Å². The molecule has 0 aromatic heterocycles. The third-order valence-corrected chi connectivity index (χ3v) is 7.93. The Bertz CT molecular complexity index is 1080. The molecular formula is C24H30FN3O4S. The molecule has 0 atom stereocenters. The van der Waals surface area contributed by atoms with Crippen LogP contribution in [0.4, 0.5) is 10.1 Å². The summed E-state index contributed by atoms with van der Waals surface area (Å²) in [7, 11) is -2.19. The summed E-state index contributed by atoms with van der Waals surface area (Å²) < 4.78 is 46.5. The van der Waals surface area contributed by atoms with Gasteiger partial charge in [0.2, 0.25) is 0 Å². The van der Waals surface area contributed by atoms with E-state index in [2.05, 4.69) is 9.62 Å². The molecule has 178 valence electrons. The molecule has 0 aliphatic carbocycles. The van der Waals surface area contributed by atoms with E-state index < -0.39 is 15.8 Å². The van der Waals surface area contributed by atoms with E-state index in [1.807, 2.05) is 4.90 Å². The van der Waals surface area contributed by atoms with Crippen LogP contribution in [0.1, 0.15) is 36.0 Å². The number of nitrogens with zero attached hydrogens (tertiary/aromatic N) is 2. The highest BCUT2D eigenvalue weighted by Crippen LogP contribution is 2.24. The molecule has 4 rings (SSSR count). The summed E-state index contributed by atoms with van der Waals surface area (Å²) in [4.78, 5) is 17.2. The quantitative estimate of drug-likeness (QED) is 0.693. The van der Waals surface area contributed by atoms with Crippen molar-refractivity contribution in [3.05, 3.63) is 59.9 Å². The number of nitrogens with one attached hydrogen (secondary N) is 1. The fourth-order valence-corrected chi connectivity index (χ4v) is 5.74. The maximum Gasteiger partial charge on any atom is 0.261 e. The number of piperidine rings is 2. The Morgan fingerprint density at radius 1 is 1.00 bits per heavy atom. The average Bonchev–Trinajstić information content (AvgIpc) is 2.84. The number of hydrogen-bond donors (Lipinski definition) is 1. The highest BCUT2D eigenvalue weighted by atomic mass is 32.2. The van der Waals surface area contributed by atoms with E-state index in [0.29, 0.717) is 30.8 Å². The zero-order chi connectivity index (χ0) is 23.4. The number of carbonyl (C=O) groups is 1. The number of rotatable bonds is 6. The Kier molecular flexibility index (Phi) is 7.31. The first-order chi connectivity index (χ1) is 15.9. The lowest BCUT2D eigenvalue weighted by molar-refractivity contribution is 0.0145. The van der Waals surface area contributed by atoms with E-state index >= 15 is 0 Å². The molecule has 33 heavy (non-hydrogen) atoms. The van der Waals surface area contributed by atoms with Crippen LogP contribution in [0.5, 0.6) is 0 Å². The smallest absolute Gasteiger partial charge is 0.261 e. The van der Waals surface area contributed by atoms with Crippen LogP contribution >= 0.6 is 0 Å². The molecule has 1 N–H and O–H groups in total. The minimum absolute atomic E-state index is 0.113. The lowest BCUT2D eigenvalue weighted by Crippen LogP contribution is -2.49. The Balaban J connectivity index is 1.36. The molecule has 2 aliphatic rings. The zero-order valence-electron chi connectivity index (χ0n) is 18.7. The van der Waals surface area contributed by atoms with Gasteiger partial charge in [0.25, 0.3) is 15.9 Å². The number of carbonyl (C=O) groups excluding carboxylic acids is 1. The summed E-state index contributed by atoms with van der Waals surface area (Å²) in [6.07, 6.45) is 4.31. The van der Waals surface area contributed by atoms with Crippen LogP contribution < -0.4 is 4.72 Å². The molecule has 0 unspecified atom stereocenters. The lowest BCUT2D eigenvalue weighted by Gasteiger charge is -2.41. The first-order valence-electron chi connectivity index (χ1n) is 11.3. The van der Waals surface area contributed by atoms with Crippen LogP contribution in [0, 0.1) is 5.82 Å². The van der Waals surface area contributed by atoms with E-state index in [9.17, 15) is 17.6 Å². The molecule has 2 aliphatic heterocycles. The van der Waals surface area contributed by atoms with Gasteiger partial charge >= 0.3 is 0 Å². The number of benzene rings is 2. The molecule has 1 amide bonds. The SMILES string of the molecule is COC1CCN(C2CCN(C(=O)c3cccc(NS(=O)(=O)c4cccc(F)c4)c3)CC2)CC1. The molecule has 7 nitrogen and oxygen atoms in total. The monoisotopic (exact) mass is 475 g/mol. The second-order valence-electron chi connectivity index (χ2n) is 8.64.